The molecule has 25 heavy (non-hydrogen) atoms. The number of carbonyl (C=O) groups is 1. The topological polar surface area (TPSA) is 54.6 Å². The van der Waals surface area contributed by atoms with E-state index in [-0.39, 0.29) is 11.4 Å². The predicted octanol–water partition coefficient (Wildman–Crippen LogP) is 4.68. The van der Waals surface area contributed by atoms with E-state index in [9.17, 15) is 9.18 Å². The minimum Gasteiger partial charge on any atom is -0.478 e. The van der Waals surface area contributed by atoms with Gasteiger partial charge in [-0.2, -0.15) is 0 Å². The Hall–Kier alpha value is -3.21. The van der Waals surface area contributed by atoms with E-state index >= 15 is 0 Å². The molecule has 0 aliphatic carbocycles. The fraction of sp³-hybridized carbons (Fsp3) is 0.100. The Morgan fingerprint density at radius 2 is 1.72 bits per heavy atom. The van der Waals surface area contributed by atoms with Crippen molar-refractivity contribution in [1.29, 1.82) is 0 Å². The average Bonchev–Trinajstić information content (AvgIpc) is 2.88. The number of hydrogen-bond donors (Lipinski definition) is 1. The van der Waals surface area contributed by atoms with Crippen LogP contribution in [0.25, 0.3) is 5.69 Å². The van der Waals surface area contributed by atoms with Gasteiger partial charge >= 0.3 is 5.97 Å². The van der Waals surface area contributed by atoms with Crippen molar-refractivity contribution in [3.8, 4) is 5.69 Å². The molecule has 1 N–H and O–H groups in total. The summed E-state index contributed by atoms with van der Waals surface area (Å²) in [5, 5.41) is 8.91. The maximum Gasteiger partial charge on any atom is 0.335 e. The fourth-order valence-corrected chi connectivity index (χ4v) is 2.74. The standard InChI is InChI=1S/C20H17FN2O2/c1-13-11-16(12-22-18-7-3-15(4-8-18)20(24)25)14(2)23(13)19-9-5-17(21)6-10-19/h3-12H,1-2H3,(H,24,25). The van der Waals surface area contributed by atoms with E-state index in [1.165, 1.54) is 24.3 Å². The highest BCUT2D eigenvalue weighted by Crippen LogP contribution is 2.21. The van der Waals surface area contributed by atoms with Gasteiger partial charge in [-0.3, -0.25) is 4.99 Å². The molecule has 0 unspecified atom stereocenters. The number of carboxylic acid groups (broad SMARTS) is 1. The molecule has 0 saturated carbocycles. The molecule has 5 heteroatoms. The fourth-order valence-electron chi connectivity index (χ4n) is 2.74. The first-order chi connectivity index (χ1) is 12.0. The van der Waals surface area contributed by atoms with E-state index in [0.29, 0.717) is 5.69 Å². The number of carboxylic acids is 1. The lowest BCUT2D eigenvalue weighted by Gasteiger charge is -2.09. The van der Waals surface area contributed by atoms with Gasteiger partial charge in [0.05, 0.1) is 11.3 Å². The molecule has 0 aliphatic rings. The monoisotopic (exact) mass is 336 g/mol. The summed E-state index contributed by atoms with van der Waals surface area (Å²) in [6.45, 7) is 3.96. The van der Waals surface area contributed by atoms with E-state index in [2.05, 4.69) is 4.99 Å². The van der Waals surface area contributed by atoms with E-state index in [1.807, 2.05) is 24.5 Å². The number of benzene rings is 2. The SMILES string of the molecule is Cc1cc(C=Nc2ccc(C(=O)O)cc2)c(C)n1-c1ccc(F)cc1. The van der Waals surface area contributed by atoms with Crippen LogP contribution in [-0.4, -0.2) is 21.9 Å². The van der Waals surface area contributed by atoms with Crippen LogP contribution in [0.2, 0.25) is 0 Å². The van der Waals surface area contributed by atoms with Crippen molar-refractivity contribution >= 4 is 17.9 Å². The molecular formula is C20H17FN2O2. The number of rotatable bonds is 4. The van der Waals surface area contributed by atoms with Crippen molar-refractivity contribution in [3.05, 3.63) is 82.9 Å². The highest BCUT2D eigenvalue weighted by atomic mass is 19.1. The van der Waals surface area contributed by atoms with E-state index < -0.39 is 5.97 Å². The highest BCUT2D eigenvalue weighted by molar-refractivity contribution is 5.88. The maximum absolute atomic E-state index is 13.1. The van der Waals surface area contributed by atoms with Crippen LogP contribution in [0.1, 0.15) is 27.3 Å². The molecule has 1 aromatic heterocycles. The first kappa shape index (κ1) is 16.6. The third kappa shape index (κ3) is 3.50. The van der Waals surface area contributed by atoms with Gasteiger partial charge in [0.15, 0.2) is 0 Å². The summed E-state index contributed by atoms with van der Waals surface area (Å²) in [5.74, 6) is -1.23. The van der Waals surface area contributed by atoms with Gasteiger partial charge in [-0.25, -0.2) is 9.18 Å². The van der Waals surface area contributed by atoms with Gasteiger partial charge in [0.25, 0.3) is 0 Å². The number of nitrogens with zero attached hydrogens (tertiary/aromatic N) is 2. The van der Waals surface area contributed by atoms with E-state index in [0.717, 1.165) is 22.6 Å². The highest BCUT2D eigenvalue weighted by Gasteiger charge is 2.09. The van der Waals surface area contributed by atoms with Gasteiger partial charge in [-0.15, -0.1) is 0 Å². The van der Waals surface area contributed by atoms with Crippen molar-refractivity contribution in [2.45, 2.75) is 13.8 Å². The van der Waals surface area contributed by atoms with E-state index in [4.69, 9.17) is 5.11 Å². The van der Waals surface area contributed by atoms with Gasteiger partial charge in [0.2, 0.25) is 0 Å². The van der Waals surface area contributed by atoms with Gasteiger partial charge in [-0.05, 0) is 68.4 Å². The molecule has 1 heterocycles. The second kappa shape index (κ2) is 6.73. The molecule has 2 aromatic carbocycles. The Kier molecular flexibility index (Phi) is 4.48. The lowest BCUT2D eigenvalue weighted by molar-refractivity contribution is 0.0697. The van der Waals surface area contributed by atoms with Crippen molar-refractivity contribution in [1.82, 2.24) is 4.57 Å². The van der Waals surface area contributed by atoms with E-state index in [1.54, 1.807) is 30.5 Å². The Bertz CT molecular complexity index is 939. The summed E-state index contributed by atoms with van der Waals surface area (Å²) in [6, 6.07) is 14.7. The van der Waals surface area contributed by atoms with Crippen LogP contribution in [0.5, 0.6) is 0 Å². The smallest absolute Gasteiger partial charge is 0.335 e. The largest absolute Gasteiger partial charge is 0.478 e. The summed E-state index contributed by atoms with van der Waals surface area (Å²) in [7, 11) is 0. The molecule has 0 spiro atoms. The molecule has 0 saturated heterocycles. The van der Waals surface area contributed by atoms with Crippen molar-refractivity contribution < 1.29 is 14.3 Å². The third-order valence-electron chi connectivity index (χ3n) is 4.02. The Morgan fingerprint density at radius 3 is 2.32 bits per heavy atom. The molecule has 3 rings (SSSR count). The number of aliphatic imine (C=N–C) groups is 1. The zero-order valence-corrected chi connectivity index (χ0v) is 13.9. The lowest BCUT2D eigenvalue weighted by Crippen LogP contribution is -1.99. The van der Waals surface area contributed by atoms with Crippen LogP contribution in [0.15, 0.2) is 59.6 Å². The molecule has 3 aromatic rings. The second-order valence-electron chi connectivity index (χ2n) is 5.75. The first-order valence-corrected chi connectivity index (χ1v) is 7.78. The Balaban J connectivity index is 1.89. The summed E-state index contributed by atoms with van der Waals surface area (Å²) in [4.78, 5) is 15.3. The number of aromatic carboxylic acids is 1. The molecule has 0 radical (unpaired) electrons. The maximum atomic E-state index is 13.1. The van der Waals surface area contributed by atoms with Crippen LogP contribution in [0.3, 0.4) is 0 Å². The average molecular weight is 336 g/mol. The molecular weight excluding hydrogens is 319 g/mol. The van der Waals surface area contributed by atoms with Crippen molar-refractivity contribution in [2.24, 2.45) is 4.99 Å². The molecule has 4 nitrogen and oxygen atoms in total. The van der Waals surface area contributed by atoms with Crippen LogP contribution >= 0.6 is 0 Å². The quantitative estimate of drug-likeness (QED) is 0.703. The predicted molar refractivity (Wildman–Crippen MR) is 95.9 cm³/mol. The van der Waals surface area contributed by atoms with Crippen LogP contribution in [0, 0.1) is 19.7 Å². The van der Waals surface area contributed by atoms with Gasteiger partial charge in [-0.1, -0.05) is 0 Å². The normalized spacial score (nSPS) is 11.2. The van der Waals surface area contributed by atoms with Gasteiger partial charge < -0.3 is 9.67 Å². The molecule has 0 aliphatic heterocycles. The zero-order chi connectivity index (χ0) is 18.0. The van der Waals surface area contributed by atoms with Crippen LogP contribution < -0.4 is 0 Å². The molecule has 0 amide bonds. The number of aryl methyl sites for hydroxylation is 1. The Morgan fingerprint density at radius 1 is 1.08 bits per heavy atom. The summed E-state index contributed by atoms with van der Waals surface area (Å²) in [6.07, 6.45) is 1.75. The number of aromatic nitrogens is 1. The summed E-state index contributed by atoms with van der Waals surface area (Å²) >= 11 is 0. The second-order valence-corrected chi connectivity index (χ2v) is 5.75. The van der Waals surface area contributed by atoms with Crippen molar-refractivity contribution in [3.63, 3.8) is 0 Å². The zero-order valence-electron chi connectivity index (χ0n) is 13.9. The first-order valence-electron chi connectivity index (χ1n) is 7.78. The minimum atomic E-state index is -0.960. The van der Waals surface area contributed by atoms with Crippen LogP contribution in [-0.2, 0) is 0 Å². The minimum absolute atomic E-state index is 0.230. The number of hydrogen-bond acceptors (Lipinski definition) is 2. The molecule has 126 valence electrons. The summed E-state index contributed by atoms with van der Waals surface area (Å²) < 4.78 is 15.2. The van der Waals surface area contributed by atoms with Crippen LogP contribution in [0.4, 0.5) is 10.1 Å². The number of halogens is 1. The Labute approximate surface area is 144 Å². The van der Waals surface area contributed by atoms with Crippen molar-refractivity contribution in [2.75, 3.05) is 0 Å². The third-order valence-corrected chi connectivity index (χ3v) is 4.02. The molecule has 0 bridgehead atoms. The van der Waals surface area contributed by atoms with Gasteiger partial charge in [0, 0.05) is 28.9 Å². The molecule has 0 fully saturated rings. The summed E-state index contributed by atoms with van der Waals surface area (Å²) in [5.41, 5.74) is 4.76. The molecule has 0 atom stereocenters. The lowest BCUT2D eigenvalue weighted by atomic mass is 10.2. The van der Waals surface area contributed by atoms with Gasteiger partial charge in [0.1, 0.15) is 5.82 Å².